The summed E-state index contributed by atoms with van der Waals surface area (Å²) in [5.74, 6) is 1.23. The number of hydrogen-bond acceptors (Lipinski definition) is 5. The smallest absolute Gasteiger partial charge is 0.251 e. The summed E-state index contributed by atoms with van der Waals surface area (Å²) in [4.78, 5) is 12.1. The highest BCUT2D eigenvalue weighted by Crippen LogP contribution is 2.07. The van der Waals surface area contributed by atoms with E-state index in [1.165, 1.54) is 5.56 Å². The van der Waals surface area contributed by atoms with Gasteiger partial charge in [0.1, 0.15) is 5.82 Å². The summed E-state index contributed by atoms with van der Waals surface area (Å²) in [6.07, 6.45) is 2.81. The van der Waals surface area contributed by atoms with Gasteiger partial charge in [0.25, 0.3) is 5.91 Å². The first kappa shape index (κ1) is 17.6. The second-order valence-corrected chi connectivity index (χ2v) is 5.91. The summed E-state index contributed by atoms with van der Waals surface area (Å²) in [5.41, 5.74) is 2.81. The van der Waals surface area contributed by atoms with Crippen LogP contribution in [0.5, 0.6) is 0 Å². The van der Waals surface area contributed by atoms with Crippen LogP contribution in [0, 0.1) is 6.92 Å². The molecular formula is C19H22N6O. The number of rotatable bonds is 7. The number of anilines is 1. The Kier molecular flexibility index (Phi) is 5.58. The lowest BCUT2D eigenvalue weighted by molar-refractivity contribution is 0.0955. The SMILES string of the molecule is CCc1ccc(C(=O)NCCNc2ccc(-n3ccc(C)n3)nn2)cc1. The Morgan fingerprint density at radius 2 is 1.85 bits per heavy atom. The van der Waals surface area contributed by atoms with Gasteiger partial charge in [-0.25, -0.2) is 4.68 Å². The van der Waals surface area contributed by atoms with Gasteiger partial charge in [0.2, 0.25) is 0 Å². The van der Waals surface area contributed by atoms with Gasteiger partial charge < -0.3 is 10.6 Å². The quantitative estimate of drug-likeness (QED) is 0.639. The number of carbonyl (C=O) groups excluding carboxylic acids is 1. The molecule has 0 fully saturated rings. The van der Waals surface area contributed by atoms with E-state index in [1.54, 1.807) is 4.68 Å². The van der Waals surface area contributed by atoms with E-state index in [2.05, 4.69) is 32.9 Å². The molecular weight excluding hydrogens is 328 g/mol. The minimum absolute atomic E-state index is 0.0788. The minimum atomic E-state index is -0.0788. The highest BCUT2D eigenvalue weighted by atomic mass is 16.1. The topological polar surface area (TPSA) is 84.7 Å². The average Bonchev–Trinajstić information content (AvgIpc) is 3.12. The molecule has 3 rings (SSSR count). The van der Waals surface area contributed by atoms with E-state index in [0.717, 1.165) is 12.1 Å². The van der Waals surface area contributed by atoms with E-state index in [-0.39, 0.29) is 5.91 Å². The Labute approximate surface area is 152 Å². The summed E-state index contributed by atoms with van der Waals surface area (Å²) in [6.45, 7) is 5.07. The first-order valence-corrected chi connectivity index (χ1v) is 8.63. The Bertz CT molecular complexity index is 854. The molecule has 1 amide bonds. The van der Waals surface area contributed by atoms with Crippen molar-refractivity contribution < 1.29 is 4.79 Å². The first-order chi connectivity index (χ1) is 12.7. The van der Waals surface area contributed by atoms with Gasteiger partial charge >= 0.3 is 0 Å². The highest BCUT2D eigenvalue weighted by Gasteiger charge is 2.05. The first-order valence-electron chi connectivity index (χ1n) is 8.63. The number of nitrogens with one attached hydrogen (secondary N) is 2. The summed E-state index contributed by atoms with van der Waals surface area (Å²) in [6, 6.07) is 13.2. The summed E-state index contributed by atoms with van der Waals surface area (Å²) < 4.78 is 1.68. The number of benzene rings is 1. The van der Waals surface area contributed by atoms with Crippen LogP contribution in [0.25, 0.3) is 5.82 Å². The number of carbonyl (C=O) groups is 1. The number of nitrogens with zero attached hydrogens (tertiary/aromatic N) is 4. The molecule has 0 saturated carbocycles. The van der Waals surface area contributed by atoms with E-state index in [0.29, 0.717) is 30.3 Å². The molecule has 3 aromatic rings. The van der Waals surface area contributed by atoms with Gasteiger partial charge in [-0.15, -0.1) is 10.2 Å². The third kappa shape index (κ3) is 4.44. The van der Waals surface area contributed by atoms with Crippen LogP contribution >= 0.6 is 0 Å². The van der Waals surface area contributed by atoms with E-state index in [9.17, 15) is 4.79 Å². The van der Waals surface area contributed by atoms with Crippen LogP contribution in [0.1, 0.15) is 28.5 Å². The third-order valence-electron chi connectivity index (χ3n) is 3.95. The molecule has 7 heteroatoms. The van der Waals surface area contributed by atoms with Crippen molar-refractivity contribution in [3.8, 4) is 5.82 Å². The molecule has 0 aliphatic heterocycles. The maximum absolute atomic E-state index is 12.1. The summed E-state index contributed by atoms with van der Waals surface area (Å²) in [5, 5.41) is 18.6. The molecule has 134 valence electrons. The van der Waals surface area contributed by atoms with Gasteiger partial charge in [-0.3, -0.25) is 4.79 Å². The van der Waals surface area contributed by atoms with Crippen molar-refractivity contribution in [2.24, 2.45) is 0 Å². The fraction of sp³-hybridized carbons (Fsp3) is 0.263. The fourth-order valence-corrected chi connectivity index (χ4v) is 2.44. The predicted molar refractivity (Wildman–Crippen MR) is 101 cm³/mol. The van der Waals surface area contributed by atoms with Crippen molar-refractivity contribution in [1.82, 2.24) is 25.3 Å². The van der Waals surface area contributed by atoms with Gasteiger partial charge in [-0.2, -0.15) is 5.10 Å². The van der Waals surface area contributed by atoms with Crippen molar-refractivity contribution in [1.29, 1.82) is 0 Å². The number of aromatic nitrogens is 4. The molecule has 0 atom stereocenters. The van der Waals surface area contributed by atoms with Gasteiger partial charge in [0.15, 0.2) is 5.82 Å². The van der Waals surface area contributed by atoms with Crippen molar-refractivity contribution in [2.75, 3.05) is 18.4 Å². The standard InChI is InChI=1S/C19H22N6O/c1-3-15-4-6-16(7-5-15)19(26)21-12-11-20-17-8-9-18(23-22-17)25-13-10-14(2)24-25/h4-10,13H,3,11-12H2,1-2H3,(H,20,22)(H,21,26). The largest absolute Gasteiger partial charge is 0.367 e. The van der Waals surface area contributed by atoms with Crippen LogP contribution in [0.4, 0.5) is 5.82 Å². The Balaban J connectivity index is 1.45. The zero-order valence-corrected chi connectivity index (χ0v) is 14.9. The van der Waals surface area contributed by atoms with E-state index >= 15 is 0 Å². The maximum atomic E-state index is 12.1. The monoisotopic (exact) mass is 350 g/mol. The highest BCUT2D eigenvalue weighted by molar-refractivity contribution is 5.94. The van der Waals surface area contributed by atoms with Gasteiger partial charge in [-0.05, 0) is 49.2 Å². The lowest BCUT2D eigenvalue weighted by Gasteiger charge is -2.08. The van der Waals surface area contributed by atoms with Crippen LogP contribution in [0.15, 0.2) is 48.7 Å². The van der Waals surface area contributed by atoms with Gasteiger partial charge in [0.05, 0.1) is 5.69 Å². The molecule has 0 aliphatic rings. The lowest BCUT2D eigenvalue weighted by Crippen LogP contribution is -2.28. The van der Waals surface area contributed by atoms with Crippen LogP contribution < -0.4 is 10.6 Å². The van der Waals surface area contributed by atoms with Crippen LogP contribution in [0.2, 0.25) is 0 Å². The molecule has 26 heavy (non-hydrogen) atoms. The predicted octanol–water partition coefficient (Wildman–Crippen LogP) is 2.38. The number of hydrogen-bond donors (Lipinski definition) is 2. The molecule has 2 heterocycles. The molecule has 0 aliphatic carbocycles. The van der Waals surface area contributed by atoms with E-state index < -0.39 is 0 Å². The molecule has 0 saturated heterocycles. The zero-order chi connectivity index (χ0) is 18.4. The van der Waals surface area contributed by atoms with Crippen LogP contribution in [-0.4, -0.2) is 39.0 Å². The van der Waals surface area contributed by atoms with Crippen molar-refractivity contribution >= 4 is 11.7 Å². The molecule has 2 N–H and O–H groups in total. The molecule has 0 unspecified atom stereocenters. The molecule has 2 aromatic heterocycles. The van der Waals surface area contributed by atoms with Crippen molar-refractivity contribution in [2.45, 2.75) is 20.3 Å². The number of amides is 1. The Morgan fingerprint density at radius 1 is 1.04 bits per heavy atom. The van der Waals surface area contributed by atoms with Crippen molar-refractivity contribution in [3.05, 3.63) is 65.5 Å². The maximum Gasteiger partial charge on any atom is 0.251 e. The molecule has 0 spiro atoms. The minimum Gasteiger partial charge on any atom is -0.367 e. The lowest BCUT2D eigenvalue weighted by atomic mass is 10.1. The summed E-state index contributed by atoms with van der Waals surface area (Å²) >= 11 is 0. The van der Waals surface area contributed by atoms with Gasteiger partial charge in [0, 0.05) is 24.8 Å². The zero-order valence-electron chi connectivity index (χ0n) is 14.9. The Morgan fingerprint density at radius 3 is 2.46 bits per heavy atom. The van der Waals surface area contributed by atoms with Crippen molar-refractivity contribution in [3.63, 3.8) is 0 Å². The number of aryl methyl sites for hydroxylation is 2. The Hall–Kier alpha value is -3.22. The fourth-order valence-electron chi connectivity index (χ4n) is 2.44. The van der Waals surface area contributed by atoms with E-state index in [4.69, 9.17) is 0 Å². The van der Waals surface area contributed by atoms with E-state index in [1.807, 2.05) is 55.6 Å². The molecule has 1 aromatic carbocycles. The summed E-state index contributed by atoms with van der Waals surface area (Å²) in [7, 11) is 0. The second-order valence-electron chi connectivity index (χ2n) is 5.91. The van der Waals surface area contributed by atoms with Crippen LogP contribution in [-0.2, 0) is 6.42 Å². The average molecular weight is 350 g/mol. The van der Waals surface area contributed by atoms with Crippen LogP contribution in [0.3, 0.4) is 0 Å². The molecule has 7 nitrogen and oxygen atoms in total. The molecule has 0 radical (unpaired) electrons. The molecule has 0 bridgehead atoms. The van der Waals surface area contributed by atoms with Gasteiger partial charge in [-0.1, -0.05) is 19.1 Å². The normalized spacial score (nSPS) is 10.5. The second kappa shape index (κ2) is 8.24. The third-order valence-corrected chi connectivity index (χ3v) is 3.95.